The number of aryl methyl sites for hydroxylation is 1. The quantitative estimate of drug-likeness (QED) is 0.330. The second-order valence-electron chi connectivity index (χ2n) is 10.8. The van der Waals surface area contributed by atoms with Gasteiger partial charge in [0.15, 0.2) is 5.69 Å². The lowest BCUT2D eigenvalue weighted by molar-refractivity contribution is -0.211. The first kappa shape index (κ1) is 35.6. The summed E-state index contributed by atoms with van der Waals surface area (Å²) in [5.41, 5.74) is -3.71. The second kappa shape index (κ2) is 14.2. The van der Waals surface area contributed by atoms with E-state index in [0.29, 0.717) is 12.8 Å². The Balaban J connectivity index is 0.00000197. The number of amides is 1. The number of nitrogens with zero attached hydrogens (tertiary/aromatic N) is 2. The fraction of sp³-hybridized carbons (Fsp3) is 0.615. The van der Waals surface area contributed by atoms with Crippen molar-refractivity contribution in [3.8, 4) is 17.0 Å². The molecule has 2 aromatic rings. The van der Waals surface area contributed by atoms with Crippen molar-refractivity contribution < 1.29 is 50.1 Å². The van der Waals surface area contributed by atoms with Gasteiger partial charge in [-0.1, -0.05) is 38.4 Å². The Labute approximate surface area is 248 Å². The third kappa shape index (κ3) is 8.48. The highest BCUT2D eigenvalue weighted by atomic mass is 35.5. The van der Waals surface area contributed by atoms with Gasteiger partial charge in [0, 0.05) is 18.7 Å². The van der Waals surface area contributed by atoms with Gasteiger partial charge in [-0.05, 0) is 56.2 Å². The summed E-state index contributed by atoms with van der Waals surface area (Å²) in [6.45, 7) is 2.27. The highest BCUT2D eigenvalue weighted by Crippen LogP contribution is 2.43. The Morgan fingerprint density at radius 3 is 2.45 bits per heavy atom. The number of hydrogen-bond donors (Lipinski definition) is 3. The summed E-state index contributed by atoms with van der Waals surface area (Å²) in [5, 5.41) is 27.7. The predicted molar refractivity (Wildman–Crippen MR) is 144 cm³/mol. The third-order valence-corrected chi connectivity index (χ3v) is 7.57. The van der Waals surface area contributed by atoms with Gasteiger partial charge in [0.05, 0.1) is 22.2 Å². The second-order valence-corrected chi connectivity index (χ2v) is 11.4. The van der Waals surface area contributed by atoms with E-state index in [4.69, 9.17) is 20.0 Å². The number of aromatic nitrogens is 2. The number of aliphatic hydroxyl groups is 2. The average Bonchev–Trinajstić information content (AvgIpc) is 3.21. The molecule has 0 bridgehead atoms. The van der Waals surface area contributed by atoms with Gasteiger partial charge >= 0.3 is 24.4 Å². The molecule has 1 heterocycles. The Bertz CT molecular complexity index is 1290. The van der Waals surface area contributed by atoms with Crippen LogP contribution in [0.4, 0.5) is 22.0 Å². The minimum Gasteiger partial charge on any atom is -0.434 e. The molecule has 9 nitrogen and oxygen atoms in total. The topological polar surface area (TPSA) is 131 Å². The highest BCUT2D eigenvalue weighted by Gasteiger charge is 2.47. The minimum absolute atomic E-state index is 0.0117. The number of halogens is 6. The van der Waals surface area contributed by atoms with Crippen LogP contribution in [0.1, 0.15) is 63.0 Å². The Kier molecular flexibility index (Phi) is 12.1. The lowest BCUT2D eigenvalue weighted by Gasteiger charge is -2.39. The number of alkyl halides is 5. The molecule has 1 amide bonds. The van der Waals surface area contributed by atoms with Crippen LogP contribution in [0, 0.1) is 11.3 Å². The van der Waals surface area contributed by atoms with Crippen molar-refractivity contribution in [3.63, 3.8) is 0 Å². The van der Waals surface area contributed by atoms with Crippen LogP contribution in [0.5, 0.6) is 5.75 Å². The van der Waals surface area contributed by atoms with Gasteiger partial charge in [-0.25, -0.2) is 0 Å². The standard InChI is InChI=1S/C26H33ClF5N3O4.O2S/c1-5-35-21(16-7-6-15(11-17(16)39-23(28)29)12-24(3,4)26(30,31)32)19(27)20(34-35)22(37)33-13-25(38)9-8-14(2)10-18(25)36;1-3-2/h6-7,11,14,18,23,36,38H,5,8-10,12-13H2,1-4H3,(H,33,37);/t14-,18+,25+;/m1./s1. The third-order valence-electron chi connectivity index (χ3n) is 7.21. The van der Waals surface area contributed by atoms with Gasteiger partial charge in [0.25, 0.3) is 5.91 Å². The first-order chi connectivity index (χ1) is 19.4. The van der Waals surface area contributed by atoms with Gasteiger partial charge < -0.3 is 20.3 Å². The average molecular weight is 646 g/mol. The summed E-state index contributed by atoms with van der Waals surface area (Å²) in [5.74, 6) is -0.950. The van der Waals surface area contributed by atoms with Gasteiger partial charge in [-0.3, -0.25) is 9.48 Å². The van der Waals surface area contributed by atoms with Crippen molar-refractivity contribution in [2.45, 2.75) is 84.4 Å². The molecule has 1 aromatic carbocycles. The molecule has 42 heavy (non-hydrogen) atoms. The summed E-state index contributed by atoms with van der Waals surface area (Å²) >= 11 is 5.76. The fourth-order valence-corrected chi connectivity index (χ4v) is 4.98. The van der Waals surface area contributed by atoms with Crippen LogP contribution in [0.2, 0.25) is 5.02 Å². The molecular weight excluding hydrogens is 613 g/mol. The van der Waals surface area contributed by atoms with Crippen LogP contribution in [-0.2, 0) is 24.5 Å². The number of rotatable bonds is 9. The van der Waals surface area contributed by atoms with Gasteiger partial charge in [-0.15, -0.1) is 0 Å². The van der Waals surface area contributed by atoms with Crippen LogP contribution >= 0.6 is 11.6 Å². The first-order valence-electron chi connectivity index (χ1n) is 12.9. The molecular formula is C26H33ClF5N3O6S. The number of ether oxygens (including phenoxy) is 1. The van der Waals surface area contributed by atoms with E-state index in [0.717, 1.165) is 19.9 Å². The van der Waals surface area contributed by atoms with E-state index in [1.165, 1.54) is 16.8 Å². The Hall–Kier alpha value is -2.62. The van der Waals surface area contributed by atoms with Crippen LogP contribution in [0.15, 0.2) is 18.2 Å². The van der Waals surface area contributed by atoms with Crippen molar-refractivity contribution >= 4 is 29.1 Å². The molecule has 3 atom stereocenters. The van der Waals surface area contributed by atoms with Crippen LogP contribution < -0.4 is 10.1 Å². The zero-order valence-electron chi connectivity index (χ0n) is 23.3. The van der Waals surface area contributed by atoms with Crippen molar-refractivity contribution in [1.82, 2.24) is 15.1 Å². The van der Waals surface area contributed by atoms with Gasteiger partial charge in [0.2, 0.25) is 0 Å². The molecule has 0 radical (unpaired) electrons. The maximum absolute atomic E-state index is 13.4. The molecule has 0 saturated heterocycles. The summed E-state index contributed by atoms with van der Waals surface area (Å²) in [4.78, 5) is 13.0. The Morgan fingerprint density at radius 2 is 1.93 bits per heavy atom. The molecule has 0 unspecified atom stereocenters. The fourth-order valence-electron chi connectivity index (χ4n) is 4.65. The Morgan fingerprint density at radius 1 is 1.31 bits per heavy atom. The molecule has 3 N–H and O–H groups in total. The zero-order valence-corrected chi connectivity index (χ0v) is 24.9. The normalized spacial score (nSPS) is 21.0. The van der Waals surface area contributed by atoms with Crippen molar-refractivity contribution in [2.24, 2.45) is 11.3 Å². The number of carbonyl (C=O) groups is 1. The number of nitrogens with one attached hydrogen (secondary N) is 1. The summed E-state index contributed by atoms with van der Waals surface area (Å²) < 4.78 is 89.3. The molecule has 3 rings (SSSR count). The molecule has 1 saturated carbocycles. The van der Waals surface area contributed by atoms with Crippen LogP contribution in [0.3, 0.4) is 0 Å². The van der Waals surface area contributed by atoms with E-state index in [-0.39, 0.29) is 53.0 Å². The van der Waals surface area contributed by atoms with E-state index in [9.17, 15) is 37.0 Å². The van der Waals surface area contributed by atoms with Gasteiger partial charge in [0.1, 0.15) is 11.4 Å². The minimum atomic E-state index is -4.53. The van der Waals surface area contributed by atoms with Gasteiger partial charge in [-0.2, -0.15) is 35.5 Å². The number of aliphatic hydroxyl groups excluding tert-OH is 1. The molecule has 16 heteroatoms. The SMILES string of the molecule is CCn1nc(C(=O)NC[C@@]2(O)CC[C@@H](C)C[C@@H]2O)c(Cl)c1-c1ccc(CC(C)(C)C(F)(F)F)cc1OC(F)F.O=S=O. The molecule has 1 fully saturated rings. The molecule has 1 aromatic heterocycles. The largest absolute Gasteiger partial charge is 0.434 e. The van der Waals surface area contributed by atoms with E-state index >= 15 is 0 Å². The lowest BCUT2D eigenvalue weighted by Crippen LogP contribution is -2.54. The van der Waals surface area contributed by atoms with E-state index in [1.54, 1.807) is 6.92 Å². The van der Waals surface area contributed by atoms with Crippen LogP contribution in [0.25, 0.3) is 11.3 Å². The highest BCUT2D eigenvalue weighted by molar-refractivity contribution is 7.51. The number of carbonyl (C=O) groups excluding carboxylic acids is 1. The van der Waals surface area contributed by atoms with E-state index in [2.05, 4.69) is 15.2 Å². The molecule has 0 spiro atoms. The van der Waals surface area contributed by atoms with E-state index < -0.39 is 59.6 Å². The number of hydrogen-bond acceptors (Lipinski definition) is 7. The molecule has 236 valence electrons. The summed E-state index contributed by atoms with van der Waals surface area (Å²) in [6.07, 6.45) is -4.72. The zero-order chi connectivity index (χ0) is 32.0. The van der Waals surface area contributed by atoms with Crippen molar-refractivity contribution in [2.75, 3.05) is 6.54 Å². The monoisotopic (exact) mass is 645 g/mol. The predicted octanol–water partition coefficient (Wildman–Crippen LogP) is 4.93. The van der Waals surface area contributed by atoms with Crippen LogP contribution in [-0.4, -0.2) is 65.4 Å². The van der Waals surface area contributed by atoms with Crippen molar-refractivity contribution in [1.29, 1.82) is 0 Å². The summed E-state index contributed by atoms with van der Waals surface area (Å²) in [7, 11) is 0. The summed E-state index contributed by atoms with van der Waals surface area (Å²) in [6, 6.07) is 3.75. The van der Waals surface area contributed by atoms with E-state index in [1.807, 2.05) is 6.92 Å². The molecule has 1 aliphatic carbocycles. The number of benzene rings is 1. The van der Waals surface area contributed by atoms with Crippen molar-refractivity contribution in [3.05, 3.63) is 34.5 Å². The first-order valence-corrected chi connectivity index (χ1v) is 14.0. The maximum atomic E-state index is 13.4. The smallest absolute Gasteiger partial charge is 0.394 e. The molecule has 1 aliphatic rings. The maximum Gasteiger partial charge on any atom is 0.394 e. The lowest BCUT2D eigenvalue weighted by atomic mass is 9.77. The molecule has 0 aliphatic heterocycles.